The van der Waals surface area contributed by atoms with Crippen LogP contribution in [0.5, 0.6) is 0 Å². The molecule has 0 atom stereocenters. The summed E-state index contributed by atoms with van der Waals surface area (Å²) in [6.07, 6.45) is 0. The summed E-state index contributed by atoms with van der Waals surface area (Å²) in [5, 5.41) is 0.878. The highest BCUT2D eigenvalue weighted by Crippen LogP contribution is 2.25. The minimum absolute atomic E-state index is 0.107. The molecule has 0 unspecified atom stereocenters. The van der Waals surface area contributed by atoms with Gasteiger partial charge in [0.2, 0.25) is 0 Å². The molecule has 1 aromatic heterocycles. The number of carbonyl (C=O) groups is 2. The molecule has 0 N–H and O–H groups in total. The van der Waals surface area contributed by atoms with Crippen molar-refractivity contribution in [3.63, 3.8) is 0 Å². The fraction of sp³-hybridized carbons (Fsp3) is 0.250. The number of rotatable bonds is 2. The van der Waals surface area contributed by atoms with Crippen molar-refractivity contribution >= 4 is 33.4 Å². The number of fused-ring (bicyclic) bond motifs is 1. The van der Waals surface area contributed by atoms with Crippen molar-refractivity contribution in [2.24, 2.45) is 0 Å². The first-order valence-corrected chi connectivity index (χ1v) is 9.50. The predicted octanol–water partition coefficient (Wildman–Crippen LogP) is 3.34. The third-order valence-electron chi connectivity index (χ3n) is 4.75. The number of halogens is 1. The van der Waals surface area contributed by atoms with Gasteiger partial charge in [-0.3, -0.25) is 9.59 Å². The lowest BCUT2D eigenvalue weighted by molar-refractivity contribution is 0.0534. The second-order valence-corrected chi connectivity index (χ2v) is 7.43. The molecule has 0 saturated carbocycles. The molecule has 4 rings (SSSR count). The average Bonchev–Trinajstić information content (AvgIpc) is 3.10. The van der Waals surface area contributed by atoms with Crippen LogP contribution < -0.4 is 0 Å². The van der Waals surface area contributed by atoms with Gasteiger partial charge in [-0.15, -0.1) is 0 Å². The Hall–Kier alpha value is -2.80. The van der Waals surface area contributed by atoms with Crippen LogP contribution in [0.4, 0.5) is 4.39 Å². The van der Waals surface area contributed by atoms with E-state index in [1.165, 1.54) is 29.7 Å². The van der Waals surface area contributed by atoms with Crippen molar-refractivity contribution in [2.45, 2.75) is 6.92 Å². The summed E-state index contributed by atoms with van der Waals surface area (Å²) in [4.78, 5) is 28.8. The third kappa shape index (κ3) is 3.42. The summed E-state index contributed by atoms with van der Waals surface area (Å²) in [6, 6.07) is 11.7. The predicted molar refractivity (Wildman–Crippen MR) is 103 cm³/mol. The lowest BCUT2D eigenvalue weighted by Crippen LogP contribution is -2.50. The van der Waals surface area contributed by atoms with E-state index in [2.05, 4.69) is 4.37 Å². The highest BCUT2D eigenvalue weighted by atomic mass is 32.1. The maximum atomic E-state index is 13.3. The molecular weight excluding hydrogens is 365 g/mol. The molecule has 0 radical (unpaired) electrons. The fourth-order valence-electron chi connectivity index (χ4n) is 3.27. The molecule has 0 spiro atoms. The topological polar surface area (TPSA) is 53.5 Å². The van der Waals surface area contributed by atoms with Crippen LogP contribution in [0.2, 0.25) is 0 Å². The number of hydrogen-bond donors (Lipinski definition) is 0. The van der Waals surface area contributed by atoms with Gasteiger partial charge in [-0.1, -0.05) is 17.7 Å². The normalized spacial score (nSPS) is 14.6. The van der Waals surface area contributed by atoms with Crippen LogP contribution in [0.15, 0.2) is 42.5 Å². The molecule has 0 aliphatic carbocycles. The van der Waals surface area contributed by atoms with Crippen LogP contribution in [-0.2, 0) is 0 Å². The lowest BCUT2D eigenvalue weighted by Gasteiger charge is -2.34. The molecule has 27 heavy (non-hydrogen) atoms. The summed E-state index contributed by atoms with van der Waals surface area (Å²) >= 11 is 1.32. The van der Waals surface area contributed by atoms with E-state index in [9.17, 15) is 14.0 Å². The molecule has 2 amide bonds. The van der Waals surface area contributed by atoms with E-state index in [1.54, 1.807) is 15.9 Å². The Labute approximate surface area is 160 Å². The van der Waals surface area contributed by atoms with Gasteiger partial charge in [0.25, 0.3) is 11.8 Å². The van der Waals surface area contributed by atoms with Crippen LogP contribution in [0.25, 0.3) is 10.1 Å². The van der Waals surface area contributed by atoms with Gasteiger partial charge >= 0.3 is 0 Å². The number of benzene rings is 2. The molecule has 2 heterocycles. The van der Waals surface area contributed by atoms with Gasteiger partial charge in [-0.05, 0) is 48.8 Å². The van der Waals surface area contributed by atoms with Gasteiger partial charge in [-0.25, -0.2) is 4.39 Å². The van der Waals surface area contributed by atoms with Gasteiger partial charge in [0, 0.05) is 37.1 Å². The second kappa shape index (κ2) is 7.08. The first-order chi connectivity index (χ1) is 13.0. The summed E-state index contributed by atoms with van der Waals surface area (Å²) in [5.41, 5.74) is 1.89. The summed E-state index contributed by atoms with van der Waals surface area (Å²) in [6.45, 7) is 3.70. The van der Waals surface area contributed by atoms with Crippen LogP contribution in [0, 0.1) is 12.7 Å². The van der Waals surface area contributed by atoms with Gasteiger partial charge in [0.05, 0.1) is 4.70 Å². The Bertz CT molecular complexity index is 1020. The SMILES string of the molecule is Cc1ccc2snc(C(=O)N3CCN(C(=O)c4cccc(F)c4)CC3)c2c1. The first kappa shape index (κ1) is 17.6. The van der Waals surface area contributed by atoms with Crippen LogP contribution >= 0.6 is 11.5 Å². The Kier molecular flexibility index (Phi) is 4.61. The highest BCUT2D eigenvalue weighted by molar-refractivity contribution is 7.13. The maximum absolute atomic E-state index is 13.3. The Balaban J connectivity index is 1.46. The van der Waals surface area contributed by atoms with Crippen molar-refractivity contribution < 1.29 is 14.0 Å². The van der Waals surface area contributed by atoms with Crippen molar-refractivity contribution in [3.8, 4) is 0 Å². The van der Waals surface area contributed by atoms with E-state index in [1.807, 2.05) is 25.1 Å². The number of carbonyl (C=O) groups excluding carboxylic acids is 2. The van der Waals surface area contributed by atoms with E-state index >= 15 is 0 Å². The van der Waals surface area contributed by atoms with Crippen LogP contribution in [-0.4, -0.2) is 52.2 Å². The average molecular weight is 383 g/mol. The zero-order chi connectivity index (χ0) is 19.0. The molecule has 1 saturated heterocycles. The Morgan fingerprint density at radius 2 is 1.70 bits per heavy atom. The second-order valence-electron chi connectivity index (χ2n) is 6.63. The van der Waals surface area contributed by atoms with E-state index in [4.69, 9.17) is 0 Å². The molecule has 0 bridgehead atoms. The van der Waals surface area contributed by atoms with Crippen LogP contribution in [0.3, 0.4) is 0 Å². The van der Waals surface area contributed by atoms with Gasteiger partial charge in [0.15, 0.2) is 0 Å². The van der Waals surface area contributed by atoms with E-state index < -0.39 is 5.82 Å². The van der Waals surface area contributed by atoms with Gasteiger partial charge in [-0.2, -0.15) is 4.37 Å². The molecule has 7 heteroatoms. The van der Waals surface area contributed by atoms with E-state index in [0.717, 1.165) is 15.6 Å². The fourth-order valence-corrected chi connectivity index (χ4v) is 4.02. The number of hydrogen-bond acceptors (Lipinski definition) is 4. The number of aromatic nitrogens is 1. The largest absolute Gasteiger partial charge is 0.335 e. The number of aryl methyl sites for hydroxylation is 1. The monoisotopic (exact) mass is 383 g/mol. The molecule has 1 aliphatic heterocycles. The Morgan fingerprint density at radius 3 is 2.41 bits per heavy atom. The number of nitrogens with zero attached hydrogens (tertiary/aromatic N) is 3. The standard InChI is InChI=1S/C20H18FN3O2S/c1-13-5-6-17-16(11-13)18(22-27-17)20(26)24-9-7-23(8-10-24)19(25)14-3-2-4-15(21)12-14/h2-6,11-12H,7-10H2,1H3. The summed E-state index contributed by atoms with van der Waals surface area (Å²) in [5.74, 6) is -0.749. The molecule has 1 aliphatic rings. The van der Waals surface area contributed by atoms with Gasteiger partial charge < -0.3 is 9.80 Å². The molecule has 5 nitrogen and oxygen atoms in total. The zero-order valence-corrected chi connectivity index (χ0v) is 15.6. The van der Waals surface area contributed by atoms with Crippen molar-refractivity contribution in [1.82, 2.24) is 14.2 Å². The molecular formula is C20H18FN3O2S. The maximum Gasteiger partial charge on any atom is 0.274 e. The minimum atomic E-state index is -0.430. The van der Waals surface area contributed by atoms with Crippen molar-refractivity contribution in [2.75, 3.05) is 26.2 Å². The van der Waals surface area contributed by atoms with E-state index in [-0.39, 0.29) is 11.8 Å². The highest BCUT2D eigenvalue weighted by Gasteiger charge is 2.27. The minimum Gasteiger partial charge on any atom is -0.335 e. The smallest absolute Gasteiger partial charge is 0.274 e. The first-order valence-electron chi connectivity index (χ1n) is 8.73. The van der Waals surface area contributed by atoms with Crippen molar-refractivity contribution in [3.05, 3.63) is 65.1 Å². The number of piperazine rings is 1. The zero-order valence-electron chi connectivity index (χ0n) is 14.8. The molecule has 138 valence electrons. The van der Waals surface area contributed by atoms with Gasteiger partial charge in [0.1, 0.15) is 11.5 Å². The third-order valence-corrected chi connectivity index (χ3v) is 5.58. The summed E-state index contributed by atoms with van der Waals surface area (Å²) in [7, 11) is 0. The Morgan fingerprint density at radius 1 is 1.00 bits per heavy atom. The molecule has 2 aromatic carbocycles. The quantitative estimate of drug-likeness (QED) is 0.682. The van der Waals surface area contributed by atoms with E-state index in [0.29, 0.717) is 37.4 Å². The summed E-state index contributed by atoms with van der Waals surface area (Å²) < 4.78 is 18.7. The molecule has 1 fully saturated rings. The van der Waals surface area contributed by atoms with Crippen molar-refractivity contribution in [1.29, 1.82) is 0 Å². The lowest BCUT2D eigenvalue weighted by atomic mass is 10.1. The van der Waals surface area contributed by atoms with Crippen LogP contribution in [0.1, 0.15) is 26.4 Å². The molecule has 3 aromatic rings. The number of amides is 2.